The van der Waals surface area contributed by atoms with E-state index in [9.17, 15) is 18.0 Å². The molecule has 21 heavy (non-hydrogen) atoms. The van der Waals surface area contributed by atoms with Crippen molar-refractivity contribution in [2.24, 2.45) is 0 Å². The topological polar surface area (TPSA) is 37.8 Å². The molecular formula is C15H11F3N2O. The van der Waals surface area contributed by atoms with E-state index in [-0.39, 0.29) is 17.7 Å². The van der Waals surface area contributed by atoms with Gasteiger partial charge in [-0.25, -0.2) is 0 Å². The van der Waals surface area contributed by atoms with Crippen LogP contribution in [0.15, 0.2) is 53.3 Å². The maximum atomic E-state index is 13.0. The average molecular weight is 292 g/mol. The number of hydrogen-bond donors (Lipinski definition) is 1. The number of aromatic nitrogens is 2. The number of nitrogens with one attached hydrogen (secondary N) is 1. The summed E-state index contributed by atoms with van der Waals surface area (Å²) in [5, 5.41) is 3.03. The van der Waals surface area contributed by atoms with E-state index in [4.69, 9.17) is 0 Å². The predicted molar refractivity (Wildman–Crippen MR) is 73.1 cm³/mol. The Kier molecular flexibility index (Phi) is 3.08. The van der Waals surface area contributed by atoms with Gasteiger partial charge in [-0.15, -0.1) is 0 Å². The SMILES string of the molecule is O=c1[nH]n(Cc2ccccc2C(F)(F)F)c2ccccc12. The summed E-state index contributed by atoms with van der Waals surface area (Å²) in [6.45, 7) is -0.0432. The van der Waals surface area contributed by atoms with Crippen LogP contribution in [0.25, 0.3) is 10.9 Å². The van der Waals surface area contributed by atoms with Crippen LogP contribution in [0.5, 0.6) is 0 Å². The van der Waals surface area contributed by atoms with Crippen molar-refractivity contribution in [1.29, 1.82) is 0 Å². The zero-order valence-corrected chi connectivity index (χ0v) is 10.8. The largest absolute Gasteiger partial charge is 0.416 e. The van der Waals surface area contributed by atoms with E-state index in [0.29, 0.717) is 10.9 Å². The van der Waals surface area contributed by atoms with Crippen LogP contribution in [0.2, 0.25) is 0 Å². The van der Waals surface area contributed by atoms with Crippen LogP contribution in [0.4, 0.5) is 13.2 Å². The minimum Gasteiger partial charge on any atom is -0.280 e. The second-order valence-corrected chi connectivity index (χ2v) is 4.70. The van der Waals surface area contributed by atoms with Crippen molar-refractivity contribution in [1.82, 2.24) is 9.78 Å². The standard InChI is InChI=1S/C15H11F3N2O/c16-15(17,18)12-7-3-1-5-10(12)9-20-13-8-4-2-6-11(13)14(21)19-20/h1-8H,9H2,(H,19,21). The third-order valence-corrected chi connectivity index (χ3v) is 3.33. The van der Waals surface area contributed by atoms with Crippen LogP contribution in [-0.2, 0) is 12.7 Å². The maximum absolute atomic E-state index is 13.0. The molecule has 0 saturated carbocycles. The van der Waals surface area contributed by atoms with Crippen molar-refractivity contribution in [2.75, 3.05) is 0 Å². The molecule has 2 aromatic carbocycles. The summed E-state index contributed by atoms with van der Waals surface area (Å²) in [6, 6.07) is 12.1. The molecule has 0 radical (unpaired) electrons. The van der Waals surface area contributed by atoms with Crippen LogP contribution < -0.4 is 5.56 Å². The molecule has 6 heteroatoms. The number of H-pyrrole nitrogens is 1. The quantitative estimate of drug-likeness (QED) is 0.772. The molecule has 0 spiro atoms. The Morgan fingerprint density at radius 3 is 2.43 bits per heavy atom. The summed E-state index contributed by atoms with van der Waals surface area (Å²) in [5.74, 6) is 0. The number of aromatic amines is 1. The highest BCUT2D eigenvalue weighted by Gasteiger charge is 2.32. The van der Waals surface area contributed by atoms with Gasteiger partial charge in [-0.1, -0.05) is 30.3 Å². The van der Waals surface area contributed by atoms with E-state index in [2.05, 4.69) is 5.10 Å². The Bertz CT molecular complexity index is 846. The second-order valence-electron chi connectivity index (χ2n) is 4.70. The molecule has 3 nitrogen and oxygen atoms in total. The van der Waals surface area contributed by atoms with Gasteiger partial charge in [-0.05, 0) is 23.8 Å². The Labute approximate surface area is 117 Å². The third-order valence-electron chi connectivity index (χ3n) is 3.33. The van der Waals surface area contributed by atoms with E-state index in [0.717, 1.165) is 6.07 Å². The number of alkyl halides is 3. The molecule has 3 aromatic rings. The molecule has 0 atom stereocenters. The van der Waals surface area contributed by atoms with E-state index >= 15 is 0 Å². The molecule has 1 aromatic heterocycles. The van der Waals surface area contributed by atoms with Crippen LogP contribution in [0, 0.1) is 0 Å². The highest BCUT2D eigenvalue weighted by Crippen LogP contribution is 2.32. The van der Waals surface area contributed by atoms with Gasteiger partial charge in [0.2, 0.25) is 0 Å². The first kappa shape index (κ1) is 13.5. The molecule has 0 unspecified atom stereocenters. The lowest BCUT2D eigenvalue weighted by atomic mass is 10.1. The molecule has 108 valence electrons. The van der Waals surface area contributed by atoms with Gasteiger partial charge in [0, 0.05) is 0 Å². The van der Waals surface area contributed by atoms with Crippen LogP contribution in [0.3, 0.4) is 0 Å². The van der Waals surface area contributed by atoms with Crippen molar-refractivity contribution < 1.29 is 13.2 Å². The lowest BCUT2D eigenvalue weighted by Crippen LogP contribution is -2.13. The summed E-state index contributed by atoms with van der Waals surface area (Å²) in [4.78, 5) is 11.8. The smallest absolute Gasteiger partial charge is 0.280 e. The van der Waals surface area contributed by atoms with Gasteiger partial charge < -0.3 is 0 Å². The molecule has 0 fully saturated rings. The van der Waals surface area contributed by atoms with Gasteiger partial charge in [0.15, 0.2) is 0 Å². The molecule has 0 aliphatic rings. The summed E-state index contributed by atoms with van der Waals surface area (Å²) >= 11 is 0. The molecule has 3 rings (SSSR count). The van der Waals surface area contributed by atoms with Crippen molar-refractivity contribution in [3.8, 4) is 0 Å². The Hall–Kier alpha value is -2.50. The van der Waals surface area contributed by atoms with Gasteiger partial charge in [0.05, 0.1) is 23.0 Å². The maximum Gasteiger partial charge on any atom is 0.416 e. The summed E-state index contributed by atoms with van der Waals surface area (Å²) in [7, 11) is 0. The van der Waals surface area contributed by atoms with Crippen molar-refractivity contribution in [3.63, 3.8) is 0 Å². The number of benzene rings is 2. The van der Waals surface area contributed by atoms with Crippen LogP contribution >= 0.6 is 0 Å². The number of hydrogen-bond acceptors (Lipinski definition) is 1. The molecule has 0 aliphatic carbocycles. The predicted octanol–water partition coefficient (Wildman–Crippen LogP) is 3.40. The minimum absolute atomic E-state index is 0.0432. The van der Waals surface area contributed by atoms with E-state index in [1.807, 2.05) is 0 Å². The Balaban J connectivity index is 2.10. The average Bonchev–Trinajstić information content (AvgIpc) is 2.76. The summed E-state index contributed by atoms with van der Waals surface area (Å²) in [5.41, 5.74) is -0.305. The molecular weight excluding hydrogens is 281 g/mol. The normalized spacial score (nSPS) is 12.0. The van der Waals surface area contributed by atoms with E-state index in [1.54, 1.807) is 30.3 Å². The fourth-order valence-corrected chi connectivity index (χ4v) is 2.37. The second kappa shape index (κ2) is 4.80. The van der Waals surface area contributed by atoms with Gasteiger partial charge in [-0.3, -0.25) is 14.6 Å². The minimum atomic E-state index is -4.42. The van der Waals surface area contributed by atoms with Crippen LogP contribution in [0.1, 0.15) is 11.1 Å². The molecule has 0 aliphatic heterocycles. The zero-order valence-electron chi connectivity index (χ0n) is 10.8. The third kappa shape index (κ3) is 2.44. The number of fused-ring (bicyclic) bond motifs is 1. The number of para-hydroxylation sites is 1. The van der Waals surface area contributed by atoms with Crippen molar-refractivity contribution in [2.45, 2.75) is 12.7 Å². The highest BCUT2D eigenvalue weighted by molar-refractivity contribution is 5.78. The lowest BCUT2D eigenvalue weighted by molar-refractivity contribution is -0.138. The monoisotopic (exact) mass is 292 g/mol. The number of rotatable bonds is 2. The van der Waals surface area contributed by atoms with Gasteiger partial charge >= 0.3 is 6.18 Å². The number of nitrogens with zero attached hydrogens (tertiary/aromatic N) is 1. The molecule has 1 N–H and O–H groups in total. The molecule has 0 bridgehead atoms. The first-order valence-electron chi connectivity index (χ1n) is 6.29. The number of halogens is 3. The molecule has 0 amide bonds. The van der Waals surface area contributed by atoms with Gasteiger partial charge in [-0.2, -0.15) is 13.2 Å². The van der Waals surface area contributed by atoms with Crippen LogP contribution in [-0.4, -0.2) is 9.78 Å². The highest BCUT2D eigenvalue weighted by atomic mass is 19.4. The zero-order chi connectivity index (χ0) is 15.0. The van der Waals surface area contributed by atoms with Crippen molar-refractivity contribution in [3.05, 3.63) is 70.0 Å². The fourth-order valence-electron chi connectivity index (χ4n) is 2.37. The van der Waals surface area contributed by atoms with E-state index < -0.39 is 11.7 Å². The van der Waals surface area contributed by atoms with E-state index in [1.165, 1.54) is 16.8 Å². The van der Waals surface area contributed by atoms with Crippen molar-refractivity contribution >= 4 is 10.9 Å². The Morgan fingerprint density at radius 1 is 1.00 bits per heavy atom. The Morgan fingerprint density at radius 2 is 1.67 bits per heavy atom. The first-order chi connectivity index (χ1) is 9.97. The molecule has 1 heterocycles. The molecule has 0 saturated heterocycles. The first-order valence-corrected chi connectivity index (χ1v) is 6.29. The summed E-state index contributed by atoms with van der Waals surface area (Å²) in [6.07, 6.45) is -4.42. The van der Waals surface area contributed by atoms with Gasteiger partial charge in [0.25, 0.3) is 5.56 Å². The van der Waals surface area contributed by atoms with Gasteiger partial charge in [0.1, 0.15) is 0 Å². The summed E-state index contributed by atoms with van der Waals surface area (Å²) < 4.78 is 40.4. The fraction of sp³-hybridized carbons (Fsp3) is 0.133. The lowest BCUT2D eigenvalue weighted by Gasteiger charge is -2.13.